The molecule has 1 N–H and O–H groups in total. The molecule has 0 aromatic heterocycles. The smallest absolute Gasteiger partial charge is 0.123 e. The van der Waals surface area contributed by atoms with Crippen LogP contribution in [0.15, 0.2) is 12.1 Å². The zero-order valence-electron chi connectivity index (χ0n) is 7.72. The van der Waals surface area contributed by atoms with Gasteiger partial charge in [-0.25, -0.2) is 0 Å². The molecule has 0 aliphatic carbocycles. The Morgan fingerprint density at radius 1 is 1.50 bits per heavy atom. The Kier molecular flexibility index (Phi) is 3.15. The van der Waals surface area contributed by atoms with Crippen LogP contribution in [0.2, 0.25) is 0 Å². The average molecular weight is 163 g/mol. The zero-order valence-corrected chi connectivity index (χ0v) is 7.72. The number of benzene rings is 1. The van der Waals surface area contributed by atoms with Crippen LogP contribution in [0.25, 0.3) is 0 Å². The van der Waals surface area contributed by atoms with E-state index < -0.39 is 0 Å². The first kappa shape index (κ1) is 9.11. The fraction of sp³-hybridized carbons (Fsp3) is 0.455. The molecule has 0 aliphatic heterocycles. The molecule has 0 heterocycles. The van der Waals surface area contributed by atoms with Gasteiger partial charge in [-0.05, 0) is 43.0 Å². The summed E-state index contributed by atoms with van der Waals surface area (Å²) in [5.74, 6) is 0.256. The lowest BCUT2D eigenvalue weighted by molar-refractivity contribution is 0.473. The summed E-state index contributed by atoms with van der Waals surface area (Å²) >= 11 is 0. The number of phenols is 1. The van der Waals surface area contributed by atoms with Crippen molar-refractivity contribution in [2.45, 2.75) is 33.1 Å². The largest absolute Gasteiger partial charge is 0.507 e. The monoisotopic (exact) mass is 163 g/mol. The maximum Gasteiger partial charge on any atom is 0.123 e. The first-order chi connectivity index (χ1) is 5.74. The van der Waals surface area contributed by atoms with Crippen LogP contribution in [0.3, 0.4) is 0 Å². The van der Waals surface area contributed by atoms with E-state index in [2.05, 4.69) is 19.9 Å². The van der Waals surface area contributed by atoms with E-state index in [0.717, 1.165) is 6.42 Å². The maximum absolute atomic E-state index is 9.18. The van der Waals surface area contributed by atoms with Gasteiger partial charge in [0.25, 0.3) is 0 Å². The molecule has 0 amide bonds. The predicted molar refractivity (Wildman–Crippen MR) is 50.3 cm³/mol. The molecule has 1 rings (SSSR count). The number of hydrogen-bond acceptors (Lipinski definition) is 1. The summed E-state index contributed by atoms with van der Waals surface area (Å²) < 4.78 is 0. The molecule has 65 valence electrons. The minimum Gasteiger partial charge on any atom is -0.507 e. The highest BCUT2D eigenvalue weighted by molar-refractivity contribution is 5.32. The summed E-state index contributed by atoms with van der Waals surface area (Å²) in [6.45, 7) is 4.23. The van der Waals surface area contributed by atoms with Crippen molar-refractivity contribution < 1.29 is 5.11 Å². The van der Waals surface area contributed by atoms with Gasteiger partial charge in [-0.2, -0.15) is 0 Å². The molecule has 0 fully saturated rings. The molecule has 0 saturated carbocycles. The first-order valence-electron chi connectivity index (χ1n) is 4.44. The van der Waals surface area contributed by atoms with Crippen molar-refractivity contribution in [2.75, 3.05) is 0 Å². The minimum atomic E-state index is 0.256. The molecule has 1 aromatic carbocycles. The third kappa shape index (κ3) is 2.26. The number of aromatic hydroxyl groups is 1. The summed E-state index contributed by atoms with van der Waals surface area (Å²) in [6, 6.07) is 6.43. The number of unbranched alkanes of at least 4 members (excludes halogenated alkanes) is 1. The maximum atomic E-state index is 9.18. The van der Waals surface area contributed by atoms with E-state index in [1.807, 2.05) is 12.1 Å². The Morgan fingerprint density at radius 2 is 2.25 bits per heavy atom. The molecular formula is C11H15O. The number of hydrogen-bond donors (Lipinski definition) is 1. The Hall–Kier alpha value is -0.980. The Labute approximate surface area is 74.1 Å². The van der Waals surface area contributed by atoms with Crippen LogP contribution in [0.1, 0.15) is 30.9 Å². The Balaban J connectivity index is 2.75. The number of rotatable bonds is 3. The topological polar surface area (TPSA) is 20.2 Å². The molecule has 1 heteroatoms. The molecule has 0 bridgehead atoms. The van der Waals surface area contributed by atoms with Crippen molar-refractivity contribution in [2.24, 2.45) is 0 Å². The SMILES string of the molecule is CCCCc1cc(O)[c]cc1C. The van der Waals surface area contributed by atoms with E-state index in [-0.39, 0.29) is 5.75 Å². The molecule has 1 radical (unpaired) electrons. The highest BCUT2D eigenvalue weighted by Gasteiger charge is 1.98. The zero-order chi connectivity index (χ0) is 8.97. The molecule has 0 aliphatic rings. The van der Waals surface area contributed by atoms with E-state index in [0.29, 0.717) is 0 Å². The third-order valence-corrected chi connectivity index (χ3v) is 2.05. The van der Waals surface area contributed by atoms with Gasteiger partial charge in [0.2, 0.25) is 0 Å². The summed E-state index contributed by atoms with van der Waals surface area (Å²) in [7, 11) is 0. The van der Waals surface area contributed by atoms with E-state index in [1.54, 1.807) is 0 Å². The molecular weight excluding hydrogens is 148 g/mol. The molecule has 0 spiro atoms. The van der Waals surface area contributed by atoms with E-state index in [1.165, 1.54) is 24.0 Å². The lowest BCUT2D eigenvalue weighted by Crippen LogP contribution is -1.88. The van der Waals surface area contributed by atoms with E-state index >= 15 is 0 Å². The first-order valence-corrected chi connectivity index (χ1v) is 4.44. The van der Waals surface area contributed by atoms with Crippen LogP contribution < -0.4 is 0 Å². The quantitative estimate of drug-likeness (QED) is 0.726. The van der Waals surface area contributed by atoms with Gasteiger partial charge in [0.1, 0.15) is 5.75 Å². The van der Waals surface area contributed by atoms with Gasteiger partial charge in [0.15, 0.2) is 0 Å². The van der Waals surface area contributed by atoms with E-state index in [9.17, 15) is 5.11 Å². The van der Waals surface area contributed by atoms with E-state index in [4.69, 9.17) is 0 Å². The predicted octanol–water partition coefficient (Wildman–Crippen LogP) is 2.84. The highest BCUT2D eigenvalue weighted by atomic mass is 16.3. The van der Waals surface area contributed by atoms with Crippen LogP contribution >= 0.6 is 0 Å². The molecule has 0 unspecified atom stereocenters. The molecule has 0 atom stereocenters. The second-order valence-electron chi connectivity index (χ2n) is 3.13. The van der Waals surface area contributed by atoms with Crippen LogP contribution in [0, 0.1) is 13.0 Å². The van der Waals surface area contributed by atoms with Gasteiger partial charge < -0.3 is 5.11 Å². The molecule has 1 nitrogen and oxygen atoms in total. The van der Waals surface area contributed by atoms with Gasteiger partial charge in [-0.15, -0.1) is 0 Å². The van der Waals surface area contributed by atoms with Crippen LogP contribution in [-0.2, 0) is 6.42 Å². The van der Waals surface area contributed by atoms with Crippen molar-refractivity contribution in [3.63, 3.8) is 0 Å². The van der Waals surface area contributed by atoms with Gasteiger partial charge in [-0.1, -0.05) is 13.3 Å². The highest BCUT2D eigenvalue weighted by Crippen LogP contribution is 2.16. The lowest BCUT2D eigenvalue weighted by atomic mass is 10.0. The Morgan fingerprint density at radius 3 is 2.92 bits per heavy atom. The summed E-state index contributed by atoms with van der Waals surface area (Å²) in [6.07, 6.45) is 3.44. The fourth-order valence-corrected chi connectivity index (χ4v) is 1.23. The molecule has 0 saturated heterocycles. The molecule has 12 heavy (non-hydrogen) atoms. The van der Waals surface area contributed by atoms with Gasteiger partial charge in [-0.3, -0.25) is 0 Å². The van der Waals surface area contributed by atoms with Crippen LogP contribution in [0.5, 0.6) is 5.75 Å². The van der Waals surface area contributed by atoms with Crippen molar-refractivity contribution in [1.29, 1.82) is 0 Å². The van der Waals surface area contributed by atoms with Crippen LogP contribution in [-0.4, -0.2) is 5.11 Å². The fourth-order valence-electron chi connectivity index (χ4n) is 1.23. The minimum absolute atomic E-state index is 0.256. The number of aryl methyl sites for hydroxylation is 2. The van der Waals surface area contributed by atoms with Gasteiger partial charge in [0, 0.05) is 6.07 Å². The van der Waals surface area contributed by atoms with Crippen molar-refractivity contribution >= 4 is 0 Å². The standard InChI is InChI=1S/C11H15O/c1-3-4-5-10-8-11(12)7-6-9(10)2/h6,8,12H,3-5H2,1-2H3. The van der Waals surface area contributed by atoms with Crippen molar-refractivity contribution in [1.82, 2.24) is 0 Å². The third-order valence-electron chi connectivity index (χ3n) is 2.05. The van der Waals surface area contributed by atoms with Crippen molar-refractivity contribution in [3.8, 4) is 5.75 Å². The average Bonchev–Trinajstić information content (AvgIpc) is 2.07. The molecule has 1 aromatic rings. The normalized spacial score (nSPS) is 10.2. The summed E-state index contributed by atoms with van der Waals surface area (Å²) in [5.41, 5.74) is 2.47. The summed E-state index contributed by atoms with van der Waals surface area (Å²) in [5, 5.41) is 9.18. The Bertz CT molecular complexity index is 253. The number of phenolic OH excluding ortho intramolecular Hbond substituents is 1. The second kappa shape index (κ2) is 4.15. The van der Waals surface area contributed by atoms with Crippen LogP contribution in [0.4, 0.5) is 0 Å². The lowest BCUT2D eigenvalue weighted by Gasteiger charge is -2.04. The van der Waals surface area contributed by atoms with Gasteiger partial charge in [0.05, 0.1) is 0 Å². The second-order valence-corrected chi connectivity index (χ2v) is 3.13. The summed E-state index contributed by atoms with van der Waals surface area (Å²) in [4.78, 5) is 0. The van der Waals surface area contributed by atoms with Crippen molar-refractivity contribution in [3.05, 3.63) is 29.3 Å². The van der Waals surface area contributed by atoms with Gasteiger partial charge >= 0.3 is 0 Å².